The number of thiazole rings is 1. The first-order chi connectivity index (χ1) is 9.11. The van der Waals surface area contributed by atoms with E-state index >= 15 is 0 Å². The van der Waals surface area contributed by atoms with Crippen molar-refractivity contribution >= 4 is 22.9 Å². The third kappa shape index (κ3) is 3.06. The number of methoxy groups -OCH3 is 1. The van der Waals surface area contributed by atoms with E-state index in [1.54, 1.807) is 23.7 Å². The molecule has 0 atom stereocenters. The molecule has 2 rings (SSSR count). The number of aryl methyl sites for hydroxylation is 1. The predicted molar refractivity (Wildman–Crippen MR) is 75.7 cm³/mol. The van der Waals surface area contributed by atoms with Crippen molar-refractivity contribution < 1.29 is 9.53 Å². The van der Waals surface area contributed by atoms with Gasteiger partial charge >= 0.3 is 5.97 Å². The molecule has 0 unspecified atom stereocenters. The minimum Gasteiger partial charge on any atom is -0.466 e. The summed E-state index contributed by atoms with van der Waals surface area (Å²) in [6.07, 6.45) is 4.97. The number of pyridine rings is 1. The van der Waals surface area contributed by atoms with Crippen LogP contribution in [0.3, 0.4) is 0 Å². The van der Waals surface area contributed by atoms with Crippen LogP contribution < -0.4 is 0 Å². The summed E-state index contributed by atoms with van der Waals surface area (Å²) >= 11 is 1.55. The molecule has 0 aliphatic carbocycles. The van der Waals surface area contributed by atoms with E-state index in [0.29, 0.717) is 0 Å². The molecule has 0 fully saturated rings. The lowest BCUT2D eigenvalue weighted by atomic mass is 10.1. The van der Waals surface area contributed by atoms with E-state index < -0.39 is 0 Å². The van der Waals surface area contributed by atoms with Gasteiger partial charge in [-0.3, -0.25) is 4.98 Å². The summed E-state index contributed by atoms with van der Waals surface area (Å²) in [5.41, 5.74) is 2.64. The van der Waals surface area contributed by atoms with Crippen molar-refractivity contribution in [2.45, 2.75) is 13.8 Å². The Kier molecular flexibility index (Phi) is 4.06. The van der Waals surface area contributed by atoms with Crippen LogP contribution in [0.15, 0.2) is 30.6 Å². The highest BCUT2D eigenvalue weighted by Crippen LogP contribution is 2.32. The lowest BCUT2D eigenvalue weighted by Gasteiger charge is -2.02. The quantitative estimate of drug-likeness (QED) is 0.637. The van der Waals surface area contributed by atoms with Crippen molar-refractivity contribution in [1.29, 1.82) is 0 Å². The molecule has 0 amide bonds. The maximum Gasteiger partial charge on any atom is 0.330 e. The van der Waals surface area contributed by atoms with Crippen molar-refractivity contribution in [3.63, 3.8) is 0 Å². The van der Waals surface area contributed by atoms with Gasteiger partial charge < -0.3 is 4.74 Å². The zero-order chi connectivity index (χ0) is 13.8. The van der Waals surface area contributed by atoms with E-state index in [-0.39, 0.29) is 5.97 Å². The van der Waals surface area contributed by atoms with Crippen LogP contribution in [0.25, 0.3) is 16.8 Å². The van der Waals surface area contributed by atoms with Gasteiger partial charge in [0.2, 0.25) is 0 Å². The molecule has 2 aromatic rings. The number of aromatic nitrogens is 2. The number of carbonyl (C=O) groups excluding carboxylic acids is 1. The van der Waals surface area contributed by atoms with Gasteiger partial charge in [0.1, 0.15) is 0 Å². The van der Waals surface area contributed by atoms with Crippen LogP contribution in [-0.4, -0.2) is 23.0 Å². The summed E-state index contributed by atoms with van der Waals surface area (Å²) in [6.45, 7) is 3.82. The fraction of sp³-hybridized carbons (Fsp3) is 0.214. The van der Waals surface area contributed by atoms with Gasteiger partial charge in [0.25, 0.3) is 0 Å². The summed E-state index contributed by atoms with van der Waals surface area (Å²) in [7, 11) is 1.37. The van der Waals surface area contributed by atoms with E-state index in [9.17, 15) is 4.79 Å². The van der Waals surface area contributed by atoms with Crippen molar-refractivity contribution in [2.24, 2.45) is 0 Å². The van der Waals surface area contributed by atoms with E-state index in [1.165, 1.54) is 13.2 Å². The Bertz CT molecular complexity index is 618. The lowest BCUT2D eigenvalue weighted by Crippen LogP contribution is -1.95. The average molecular weight is 274 g/mol. The van der Waals surface area contributed by atoms with Gasteiger partial charge in [-0.1, -0.05) is 0 Å². The second kappa shape index (κ2) is 5.75. The molecule has 0 saturated carbocycles. The van der Waals surface area contributed by atoms with Crippen molar-refractivity contribution in [3.05, 3.63) is 40.5 Å². The summed E-state index contributed by atoms with van der Waals surface area (Å²) in [5, 5.41) is 0.950. The zero-order valence-electron chi connectivity index (χ0n) is 11.0. The largest absolute Gasteiger partial charge is 0.466 e. The van der Waals surface area contributed by atoms with Gasteiger partial charge in [0, 0.05) is 24.0 Å². The molecule has 0 bridgehead atoms. The van der Waals surface area contributed by atoms with Gasteiger partial charge in [-0.25, -0.2) is 9.78 Å². The van der Waals surface area contributed by atoms with Gasteiger partial charge in [0.05, 0.1) is 22.7 Å². The number of allylic oxidation sites excluding steroid dienone is 1. The molecule has 0 N–H and O–H groups in total. The molecule has 0 aliphatic rings. The van der Waals surface area contributed by atoms with Gasteiger partial charge in [-0.15, -0.1) is 11.3 Å². The number of rotatable bonds is 3. The summed E-state index contributed by atoms with van der Waals surface area (Å²) in [6, 6.07) is 3.82. The van der Waals surface area contributed by atoms with Gasteiger partial charge in [-0.2, -0.15) is 0 Å². The van der Waals surface area contributed by atoms with E-state index in [4.69, 9.17) is 0 Å². The Balaban J connectivity index is 2.48. The van der Waals surface area contributed by atoms with Crippen molar-refractivity contribution in [1.82, 2.24) is 9.97 Å². The fourth-order valence-electron chi connectivity index (χ4n) is 1.69. The van der Waals surface area contributed by atoms with Gasteiger partial charge in [0.15, 0.2) is 0 Å². The molecule has 98 valence electrons. The monoisotopic (exact) mass is 274 g/mol. The number of ether oxygens (including phenoxy) is 1. The molecule has 0 aromatic carbocycles. The normalized spacial score (nSPS) is 11.4. The second-order valence-electron chi connectivity index (χ2n) is 4.00. The number of nitrogens with zero attached hydrogens (tertiary/aromatic N) is 2. The minimum absolute atomic E-state index is 0.360. The molecule has 0 aliphatic heterocycles. The van der Waals surface area contributed by atoms with E-state index in [1.807, 2.05) is 26.0 Å². The molecule has 0 radical (unpaired) electrons. The van der Waals surface area contributed by atoms with Crippen molar-refractivity contribution in [3.8, 4) is 11.3 Å². The average Bonchev–Trinajstić information content (AvgIpc) is 2.82. The number of hydrogen-bond donors (Lipinski definition) is 0. The highest BCUT2D eigenvalue weighted by Gasteiger charge is 2.13. The summed E-state index contributed by atoms with van der Waals surface area (Å²) in [5.74, 6) is -0.360. The van der Waals surface area contributed by atoms with Crippen LogP contribution in [0.4, 0.5) is 0 Å². The number of hydrogen-bond acceptors (Lipinski definition) is 5. The molecular formula is C14H14N2O2S. The molecule has 19 heavy (non-hydrogen) atoms. The second-order valence-corrected chi connectivity index (χ2v) is 5.21. The smallest absolute Gasteiger partial charge is 0.330 e. The fourth-order valence-corrected chi connectivity index (χ4v) is 2.61. The van der Waals surface area contributed by atoms with E-state index in [2.05, 4.69) is 14.7 Å². The first kappa shape index (κ1) is 13.4. The summed E-state index contributed by atoms with van der Waals surface area (Å²) < 4.78 is 4.65. The van der Waals surface area contributed by atoms with Gasteiger partial charge in [-0.05, 0) is 31.6 Å². The van der Waals surface area contributed by atoms with Crippen LogP contribution >= 0.6 is 11.3 Å². The first-order valence-electron chi connectivity index (χ1n) is 5.76. The highest BCUT2D eigenvalue weighted by molar-refractivity contribution is 7.13. The molecule has 0 spiro atoms. The molecular weight excluding hydrogens is 260 g/mol. The Hall–Kier alpha value is -2.01. The third-order valence-electron chi connectivity index (χ3n) is 2.56. The van der Waals surface area contributed by atoms with E-state index in [0.717, 1.165) is 26.7 Å². The van der Waals surface area contributed by atoms with Crippen LogP contribution in [0.2, 0.25) is 0 Å². The van der Waals surface area contributed by atoms with Crippen LogP contribution in [-0.2, 0) is 9.53 Å². The zero-order valence-corrected chi connectivity index (χ0v) is 11.8. The van der Waals surface area contributed by atoms with Crippen LogP contribution in [0.5, 0.6) is 0 Å². The number of esters is 1. The molecule has 2 aromatic heterocycles. The Morgan fingerprint density at radius 1 is 1.47 bits per heavy atom. The molecule has 0 saturated heterocycles. The molecule has 2 heterocycles. The topological polar surface area (TPSA) is 52.1 Å². The lowest BCUT2D eigenvalue weighted by molar-refractivity contribution is -0.134. The highest BCUT2D eigenvalue weighted by atomic mass is 32.1. The SMILES string of the molecule is COC(=O)/C=C(\C)c1sc(C)nc1-c1cccnc1. The van der Waals surface area contributed by atoms with Crippen molar-refractivity contribution in [2.75, 3.05) is 7.11 Å². The predicted octanol–water partition coefficient (Wildman–Crippen LogP) is 3.09. The van der Waals surface area contributed by atoms with Crippen LogP contribution in [0, 0.1) is 6.92 Å². The first-order valence-corrected chi connectivity index (χ1v) is 6.58. The maximum absolute atomic E-state index is 11.3. The van der Waals surface area contributed by atoms with Crippen LogP contribution in [0.1, 0.15) is 16.8 Å². The standard InChI is InChI=1S/C14H14N2O2S/c1-9(7-12(17)18-3)14-13(16-10(2)19-14)11-5-4-6-15-8-11/h4-8H,1-3H3/b9-7+. The Labute approximate surface area is 115 Å². The Morgan fingerprint density at radius 2 is 2.26 bits per heavy atom. The minimum atomic E-state index is -0.360. The molecule has 5 heteroatoms. The third-order valence-corrected chi connectivity index (χ3v) is 3.67. The number of carbonyl (C=O) groups is 1. The maximum atomic E-state index is 11.3. The molecule has 4 nitrogen and oxygen atoms in total. The summed E-state index contributed by atoms with van der Waals surface area (Å²) in [4.78, 5) is 20.9. The Morgan fingerprint density at radius 3 is 2.89 bits per heavy atom.